The second-order valence-electron chi connectivity index (χ2n) is 9.44. The summed E-state index contributed by atoms with van der Waals surface area (Å²) in [6, 6.07) is 8.79. The Balaban J connectivity index is 1.59. The Morgan fingerprint density at radius 1 is 1.10 bits per heavy atom. The van der Waals surface area contributed by atoms with Crippen LogP contribution in [0.25, 0.3) is 0 Å². The van der Waals surface area contributed by atoms with Crippen LogP contribution in [-0.4, -0.2) is 29.7 Å². The second kappa shape index (κ2) is 12.1. The highest BCUT2D eigenvalue weighted by Crippen LogP contribution is 2.46. The van der Waals surface area contributed by atoms with Gasteiger partial charge < -0.3 is 9.84 Å². The van der Waals surface area contributed by atoms with Gasteiger partial charge in [0, 0.05) is 17.7 Å². The molecule has 1 aromatic carbocycles. The average molecular weight is 435 g/mol. The van der Waals surface area contributed by atoms with Gasteiger partial charge in [-0.15, -0.1) is 11.6 Å². The van der Waals surface area contributed by atoms with Crippen molar-refractivity contribution < 1.29 is 14.6 Å². The first kappa shape index (κ1) is 23.6. The van der Waals surface area contributed by atoms with Crippen LogP contribution in [0.3, 0.4) is 0 Å². The maximum absolute atomic E-state index is 11.2. The zero-order chi connectivity index (χ0) is 21.3. The summed E-state index contributed by atoms with van der Waals surface area (Å²) in [6.07, 6.45) is 14.0. The summed E-state index contributed by atoms with van der Waals surface area (Å²) in [5.41, 5.74) is 2.77. The molecule has 30 heavy (non-hydrogen) atoms. The van der Waals surface area contributed by atoms with Gasteiger partial charge >= 0.3 is 5.97 Å². The molecule has 0 bridgehead atoms. The summed E-state index contributed by atoms with van der Waals surface area (Å²) in [5.74, 6) is 1.15. The van der Waals surface area contributed by atoms with Gasteiger partial charge in [0.2, 0.25) is 0 Å². The van der Waals surface area contributed by atoms with Gasteiger partial charge in [0.15, 0.2) is 0 Å². The summed E-state index contributed by atoms with van der Waals surface area (Å²) in [4.78, 5) is 11.2. The topological polar surface area (TPSA) is 46.5 Å². The number of unbranched alkanes of at least 4 members (excludes halogenated alkanes) is 3. The minimum atomic E-state index is -0.343. The number of aliphatic hydroxyl groups is 1. The average Bonchev–Trinajstić information content (AvgIpc) is 3.04. The van der Waals surface area contributed by atoms with Crippen molar-refractivity contribution in [1.82, 2.24) is 0 Å². The number of alkyl halides is 1. The minimum Gasteiger partial charge on any atom is -0.469 e. The lowest BCUT2D eigenvalue weighted by molar-refractivity contribution is -0.140. The number of hydrogen-bond acceptors (Lipinski definition) is 3. The number of esters is 1. The van der Waals surface area contributed by atoms with Crippen molar-refractivity contribution in [3.63, 3.8) is 0 Å². The Kier molecular flexibility index (Phi) is 9.52. The first-order valence-electron chi connectivity index (χ1n) is 12.1. The van der Waals surface area contributed by atoms with Crippen molar-refractivity contribution in [2.45, 2.75) is 101 Å². The highest BCUT2D eigenvalue weighted by atomic mass is 35.5. The quantitative estimate of drug-likeness (QED) is 0.263. The van der Waals surface area contributed by atoms with Crippen LogP contribution in [0.15, 0.2) is 24.3 Å². The van der Waals surface area contributed by atoms with Crippen molar-refractivity contribution in [1.29, 1.82) is 0 Å². The molecule has 4 heteroatoms. The Morgan fingerprint density at radius 3 is 2.60 bits per heavy atom. The first-order valence-corrected chi connectivity index (χ1v) is 12.5. The number of carbonyl (C=O) groups is 1. The molecule has 0 amide bonds. The molecule has 0 radical (unpaired) electrons. The van der Waals surface area contributed by atoms with E-state index in [1.807, 2.05) is 0 Å². The van der Waals surface area contributed by atoms with E-state index in [2.05, 4.69) is 24.3 Å². The van der Waals surface area contributed by atoms with E-state index in [1.165, 1.54) is 50.3 Å². The van der Waals surface area contributed by atoms with Gasteiger partial charge in [-0.25, -0.2) is 0 Å². The third-order valence-corrected chi connectivity index (χ3v) is 7.85. The van der Waals surface area contributed by atoms with E-state index in [0.717, 1.165) is 44.4 Å². The standard InChI is InChI=1S/C26H39ClO3/c1-30-25(29)16-8-3-2-7-15-22-23(27)18-24(28)26(22)21-14-10-9-13-20(21)17-19-11-5-4-6-12-19/h9-10,13-14,19,22-24,26,28H,2-8,11-12,15-18H2,1H3/t22-,23+,24+,26+/m0/s1. The predicted octanol–water partition coefficient (Wildman–Crippen LogP) is 6.39. The van der Waals surface area contributed by atoms with Crippen molar-refractivity contribution in [3.05, 3.63) is 35.4 Å². The van der Waals surface area contributed by atoms with Gasteiger partial charge in [0.05, 0.1) is 13.2 Å². The summed E-state index contributed by atoms with van der Waals surface area (Å²) in [6.45, 7) is 0. The highest BCUT2D eigenvalue weighted by Gasteiger charge is 2.42. The zero-order valence-corrected chi connectivity index (χ0v) is 19.3. The summed E-state index contributed by atoms with van der Waals surface area (Å²) >= 11 is 6.74. The fourth-order valence-electron chi connectivity index (χ4n) is 5.71. The van der Waals surface area contributed by atoms with Gasteiger partial charge in [-0.1, -0.05) is 75.6 Å². The first-order chi connectivity index (χ1) is 14.6. The molecule has 3 nitrogen and oxygen atoms in total. The van der Waals surface area contributed by atoms with Gasteiger partial charge in [-0.2, -0.15) is 0 Å². The number of carbonyl (C=O) groups excluding carboxylic acids is 1. The summed E-state index contributed by atoms with van der Waals surface area (Å²) < 4.78 is 4.71. The molecule has 0 spiro atoms. The van der Waals surface area contributed by atoms with Gasteiger partial charge in [-0.05, 0) is 48.6 Å². The van der Waals surface area contributed by atoms with Crippen LogP contribution >= 0.6 is 11.6 Å². The molecule has 0 heterocycles. The van der Waals surface area contributed by atoms with Gasteiger partial charge in [-0.3, -0.25) is 4.79 Å². The Hall–Kier alpha value is -1.06. The van der Waals surface area contributed by atoms with Crippen molar-refractivity contribution in [2.24, 2.45) is 11.8 Å². The van der Waals surface area contributed by atoms with Crippen molar-refractivity contribution >= 4 is 17.6 Å². The smallest absolute Gasteiger partial charge is 0.305 e. The highest BCUT2D eigenvalue weighted by molar-refractivity contribution is 6.21. The molecule has 1 aromatic rings. The van der Waals surface area contributed by atoms with Crippen molar-refractivity contribution in [2.75, 3.05) is 7.11 Å². The molecule has 4 atom stereocenters. The largest absolute Gasteiger partial charge is 0.469 e. The fourth-order valence-corrected chi connectivity index (χ4v) is 6.18. The molecular weight excluding hydrogens is 396 g/mol. The minimum absolute atomic E-state index is 0.0443. The lowest BCUT2D eigenvalue weighted by Crippen LogP contribution is -2.21. The van der Waals surface area contributed by atoms with E-state index in [9.17, 15) is 9.90 Å². The molecule has 0 unspecified atom stereocenters. The Morgan fingerprint density at radius 2 is 1.83 bits per heavy atom. The predicted molar refractivity (Wildman–Crippen MR) is 123 cm³/mol. The van der Waals surface area contributed by atoms with Gasteiger partial charge in [0.25, 0.3) is 0 Å². The fraction of sp³-hybridized carbons (Fsp3) is 0.731. The van der Waals surface area contributed by atoms with E-state index in [-0.39, 0.29) is 23.4 Å². The van der Waals surface area contributed by atoms with Crippen LogP contribution in [0.5, 0.6) is 0 Å². The number of hydrogen-bond donors (Lipinski definition) is 1. The maximum atomic E-state index is 11.2. The van der Waals surface area contributed by atoms with Crippen LogP contribution in [0.4, 0.5) is 0 Å². The number of benzene rings is 1. The van der Waals surface area contributed by atoms with E-state index in [0.29, 0.717) is 18.8 Å². The number of methoxy groups -OCH3 is 1. The molecule has 0 aliphatic heterocycles. The Bertz CT molecular complexity index is 655. The molecule has 2 aliphatic carbocycles. The van der Waals surface area contributed by atoms with E-state index in [4.69, 9.17) is 16.3 Å². The second-order valence-corrected chi connectivity index (χ2v) is 10.0. The number of aliphatic hydroxyl groups excluding tert-OH is 1. The summed E-state index contributed by atoms with van der Waals surface area (Å²) in [5, 5.41) is 11.0. The molecular formula is C26H39ClO3. The van der Waals surface area contributed by atoms with Crippen molar-refractivity contribution in [3.8, 4) is 0 Å². The van der Waals surface area contributed by atoms with Crippen LogP contribution in [0.2, 0.25) is 0 Å². The Labute approximate surface area is 187 Å². The van der Waals surface area contributed by atoms with Crippen LogP contribution in [0.1, 0.15) is 94.1 Å². The number of rotatable bonds is 10. The molecule has 168 valence electrons. The third-order valence-electron chi connectivity index (χ3n) is 7.35. The van der Waals surface area contributed by atoms with Crippen LogP contribution < -0.4 is 0 Å². The lowest BCUT2D eigenvalue weighted by Gasteiger charge is -2.28. The molecule has 3 rings (SSSR count). The van der Waals surface area contributed by atoms with E-state index in [1.54, 1.807) is 0 Å². The molecule has 0 aromatic heterocycles. The summed E-state index contributed by atoms with van der Waals surface area (Å²) in [7, 11) is 1.45. The van der Waals surface area contributed by atoms with E-state index < -0.39 is 0 Å². The number of ether oxygens (including phenoxy) is 1. The molecule has 0 saturated heterocycles. The zero-order valence-electron chi connectivity index (χ0n) is 18.5. The monoisotopic (exact) mass is 434 g/mol. The molecule has 2 aliphatic rings. The normalized spacial score (nSPS) is 27.3. The van der Waals surface area contributed by atoms with Crippen LogP contribution in [0, 0.1) is 11.8 Å². The van der Waals surface area contributed by atoms with Gasteiger partial charge in [0.1, 0.15) is 0 Å². The lowest BCUT2D eigenvalue weighted by atomic mass is 9.78. The maximum Gasteiger partial charge on any atom is 0.305 e. The van der Waals surface area contributed by atoms with Crippen LogP contribution in [-0.2, 0) is 16.0 Å². The molecule has 2 fully saturated rings. The molecule has 1 N–H and O–H groups in total. The molecule has 2 saturated carbocycles. The number of halogens is 1. The van der Waals surface area contributed by atoms with E-state index >= 15 is 0 Å². The third kappa shape index (κ3) is 6.47. The SMILES string of the molecule is COC(=O)CCCCCC[C@@H]1[C@@H](c2ccccc2CC2CCCCC2)[C@H](O)C[C@H]1Cl.